The molecule has 1 aliphatic heterocycles. The van der Waals surface area contributed by atoms with Gasteiger partial charge in [-0.25, -0.2) is 4.98 Å². The van der Waals surface area contributed by atoms with Crippen molar-refractivity contribution < 1.29 is 14.5 Å². The number of likely N-dealkylation sites (tertiary alicyclic amines) is 1. The maximum Gasteiger partial charge on any atom is 0.282 e. The molecule has 1 aromatic carbocycles. The van der Waals surface area contributed by atoms with Gasteiger partial charge in [0.15, 0.2) is 0 Å². The van der Waals surface area contributed by atoms with Crippen LogP contribution in [0.1, 0.15) is 29.0 Å². The van der Waals surface area contributed by atoms with Gasteiger partial charge in [-0.15, -0.1) is 0 Å². The van der Waals surface area contributed by atoms with Gasteiger partial charge in [-0.2, -0.15) is 4.98 Å². The highest BCUT2D eigenvalue weighted by molar-refractivity contribution is 6.31. The first kappa shape index (κ1) is 18.1. The summed E-state index contributed by atoms with van der Waals surface area (Å²) in [4.78, 5) is 33.2. The number of nitro benzene ring substituents is 1. The van der Waals surface area contributed by atoms with Crippen LogP contribution in [0.2, 0.25) is 5.02 Å². The number of halogens is 1. The third kappa shape index (κ3) is 4.08. The molecule has 1 atom stereocenters. The van der Waals surface area contributed by atoms with Crippen LogP contribution >= 0.6 is 11.6 Å². The van der Waals surface area contributed by atoms with Crippen molar-refractivity contribution >= 4 is 23.2 Å². The number of benzene rings is 1. The quantitative estimate of drug-likeness (QED) is 0.600. The third-order valence-corrected chi connectivity index (χ3v) is 4.32. The number of hydrogen-bond donors (Lipinski definition) is 0. The number of aromatic nitrogens is 2. The Morgan fingerprint density at radius 2 is 2.23 bits per heavy atom. The Labute approximate surface area is 154 Å². The van der Waals surface area contributed by atoms with Crippen molar-refractivity contribution in [2.75, 3.05) is 13.1 Å². The van der Waals surface area contributed by atoms with Crippen LogP contribution in [-0.4, -0.2) is 44.9 Å². The van der Waals surface area contributed by atoms with Gasteiger partial charge in [-0.05, 0) is 31.9 Å². The van der Waals surface area contributed by atoms with Crippen LogP contribution in [0.5, 0.6) is 5.88 Å². The van der Waals surface area contributed by atoms with Crippen LogP contribution < -0.4 is 4.74 Å². The summed E-state index contributed by atoms with van der Waals surface area (Å²) in [7, 11) is 0. The molecule has 0 N–H and O–H groups in total. The van der Waals surface area contributed by atoms with E-state index in [2.05, 4.69) is 9.97 Å². The second kappa shape index (κ2) is 7.65. The van der Waals surface area contributed by atoms with Gasteiger partial charge in [-0.1, -0.05) is 11.6 Å². The molecule has 0 aliphatic carbocycles. The SMILES string of the molecule is Cc1nccc(OC2CCCN(C(=O)c3cc(Cl)ccc3[N+](=O)[O-])C2)n1. The number of carbonyl (C=O) groups excluding carboxylic acids is 1. The first-order chi connectivity index (χ1) is 12.4. The number of piperidine rings is 1. The van der Waals surface area contributed by atoms with Gasteiger partial charge in [0.05, 0.1) is 11.5 Å². The van der Waals surface area contributed by atoms with E-state index in [-0.39, 0.29) is 22.4 Å². The lowest BCUT2D eigenvalue weighted by Gasteiger charge is -2.32. The first-order valence-corrected chi connectivity index (χ1v) is 8.51. The van der Waals surface area contributed by atoms with Crippen LogP contribution in [0.25, 0.3) is 0 Å². The number of carbonyl (C=O) groups is 1. The highest BCUT2D eigenvalue weighted by Gasteiger charge is 2.30. The minimum atomic E-state index is -0.578. The van der Waals surface area contributed by atoms with E-state index in [1.807, 2.05) is 0 Å². The molecule has 0 bridgehead atoms. The molecule has 1 aromatic heterocycles. The van der Waals surface area contributed by atoms with Gasteiger partial charge in [0, 0.05) is 29.9 Å². The molecule has 3 rings (SSSR count). The lowest BCUT2D eigenvalue weighted by atomic mass is 10.1. The summed E-state index contributed by atoms with van der Waals surface area (Å²) in [5, 5.41) is 11.5. The zero-order valence-electron chi connectivity index (χ0n) is 14.1. The smallest absolute Gasteiger partial charge is 0.282 e. The molecule has 2 aromatic rings. The molecule has 2 heterocycles. The largest absolute Gasteiger partial charge is 0.472 e. The highest BCUT2D eigenvalue weighted by Crippen LogP contribution is 2.26. The first-order valence-electron chi connectivity index (χ1n) is 8.13. The van der Waals surface area contributed by atoms with E-state index in [4.69, 9.17) is 16.3 Å². The van der Waals surface area contributed by atoms with E-state index >= 15 is 0 Å². The summed E-state index contributed by atoms with van der Waals surface area (Å²) in [5.41, 5.74) is -0.269. The summed E-state index contributed by atoms with van der Waals surface area (Å²) in [6.07, 6.45) is 2.87. The van der Waals surface area contributed by atoms with E-state index < -0.39 is 10.8 Å². The van der Waals surface area contributed by atoms with Crippen LogP contribution in [0.4, 0.5) is 5.69 Å². The fourth-order valence-electron chi connectivity index (χ4n) is 2.90. The lowest BCUT2D eigenvalue weighted by Crippen LogP contribution is -2.44. The zero-order valence-corrected chi connectivity index (χ0v) is 14.8. The summed E-state index contributed by atoms with van der Waals surface area (Å²) < 4.78 is 5.85. The molecule has 0 saturated carbocycles. The molecular weight excluding hydrogens is 360 g/mol. The Bertz CT molecular complexity index is 845. The molecule has 1 unspecified atom stereocenters. The topological polar surface area (TPSA) is 98.5 Å². The Morgan fingerprint density at radius 3 is 2.96 bits per heavy atom. The Hall–Kier alpha value is -2.74. The normalized spacial score (nSPS) is 17.0. The van der Waals surface area contributed by atoms with Gasteiger partial charge in [0.2, 0.25) is 5.88 Å². The summed E-state index contributed by atoms with van der Waals surface area (Å²) in [6.45, 7) is 2.60. The van der Waals surface area contributed by atoms with Crippen molar-refractivity contribution in [2.24, 2.45) is 0 Å². The van der Waals surface area contributed by atoms with E-state index in [1.165, 1.54) is 18.2 Å². The second-order valence-electron chi connectivity index (χ2n) is 5.99. The molecule has 136 valence electrons. The maximum atomic E-state index is 12.8. The predicted molar refractivity (Wildman–Crippen MR) is 94.4 cm³/mol. The van der Waals surface area contributed by atoms with Crippen molar-refractivity contribution in [3.8, 4) is 5.88 Å². The van der Waals surface area contributed by atoms with Crippen LogP contribution in [0.15, 0.2) is 30.5 Å². The Morgan fingerprint density at radius 1 is 1.42 bits per heavy atom. The summed E-state index contributed by atoms with van der Waals surface area (Å²) in [6, 6.07) is 5.64. The van der Waals surface area contributed by atoms with Gasteiger partial charge in [0.25, 0.3) is 11.6 Å². The number of nitro groups is 1. The Balaban J connectivity index is 1.76. The summed E-state index contributed by atoms with van der Waals surface area (Å²) >= 11 is 5.92. The lowest BCUT2D eigenvalue weighted by molar-refractivity contribution is -0.385. The fourth-order valence-corrected chi connectivity index (χ4v) is 3.07. The summed E-state index contributed by atoms with van der Waals surface area (Å²) in [5.74, 6) is 0.623. The number of ether oxygens (including phenoxy) is 1. The minimum absolute atomic E-state index is 0.0129. The molecule has 1 fully saturated rings. The number of nitrogens with zero attached hydrogens (tertiary/aromatic N) is 4. The molecule has 8 nitrogen and oxygen atoms in total. The molecule has 26 heavy (non-hydrogen) atoms. The van der Waals surface area contributed by atoms with Crippen LogP contribution in [-0.2, 0) is 0 Å². The van der Waals surface area contributed by atoms with Crippen LogP contribution in [0.3, 0.4) is 0 Å². The molecule has 0 spiro atoms. The van der Waals surface area contributed by atoms with E-state index in [9.17, 15) is 14.9 Å². The van der Waals surface area contributed by atoms with E-state index in [0.29, 0.717) is 24.8 Å². The van der Waals surface area contributed by atoms with Crippen molar-refractivity contribution in [1.82, 2.24) is 14.9 Å². The van der Waals surface area contributed by atoms with Gasteiger partial charge in [0.1, 0.15) is 17.5 Å². The average molecular weight is 377 g/mol. The molecule has 1 amide bonds. The van der Waals surface area contributed by atoms with Crippen molar-refractivity contribution in [1.29, 1.82) is 0 Å². The van der Waals surface area contributed by atoms with Gasteiger partial charge >= 0.3 is 0 Å². The van der Waals surface area contributed by atoms with Crippen molar-refractivity contribution in [2.45, 2.75) is 25.9 Å². The third-order valence-electron chi connectivity index (χ3n) is 4.09. The number of hydrogen-bond acceptors (Lipinski definition) is 6. The van der Waals surface area contributed by atoms with E-state index in [1.54, 1.807) is 24.1 Å². The molecule has 0 radical (unpaired) electrons. The van der Waals surface area contributed by atoms with Crippen molar-refractivity contribution in [3.05, 3.63) is 57.0 Å². The fraction of sp³-hybridized carbons (Fsp3) is 0.353. The maximum absolute atomic E-state index is 12.8. The van der Waals surface area contributed by atoms with Gasteiger partial charge < -0.3 is 9.64 Å². The number of aryl methyl sites for hydroxylation is 1. The molecule has 1 aliphatic rings. The highest BCUT2D eigenvalue weighted by atomic mass is 35.5. The number of rotatable bonds is 4. The average Bonchev–Trinajstić information content (AvgIpc) is 2.61. The van der Waals surface area contributed by atoms with E-state index in [0.717, 1.165) is 12.8 Å². The molecule has 9 heteroatoms. The standard InChI is InChI=1S/C17H17ClN4O4/c1-11-19-7-6-16(20-11)26-13-3-2-8-21(10-13)17(23)14-9-12(18)4-5-15(14)22(24)25/h4-7,9,13H,2-3,8,10H2,1H3. The van der Waals surface area contributed by atoms with Crippen LogP contribution in [0, 0.1) is 17.0 Å². The molecular formula is C17H17ClN4O4. The van der Waals surface area contributed by atoms with Gasteiger partial charge in [-0.3, -0.25) is 14.9 Å². The zero-order chi connectivity index (χ0) is 18.7. The van der Waals surface area contributed by atoms with Crippen molar-refractivity contribution in [3.63, 3.8) is 0 Å². The molecule has 1 saturated heterocycles. The number of amides is 1. The monoisotopic (exact) mass is 376 g/mol. The minimum Gasteiger partial charge on any atom is -0.472 e. The predicted octanol–water partition coefficient (Wildman–Crippen LogP) is 3.03. The Kier molecular flexibility index (Phi) is 5.32. The second-order valence-corrected chi connectivity index (χ2v) is 6.43.